The zero-order chi connectivity index (χ0) is 21.1. The fourth-order valence-corrected chi connectivity index (χ4v) is 3.47. The van der Waals surface area contributed by atoms with E-state index in [1.165, 1.54) is 28.3 Å². The van der Waals surface area contributed by atoms with Crippen molar-refractivity contribution < 1.29 is 28.2 Å². The fraction of sp³-hybridized carbons (Fsp3) is 0.238. The van der Waals surface area contributed by atoms with Crippen LogP contribution in [0.2, 0.25) is 0 Å². The Kier molecular flexibility index (Phi) is 6.12. The second-order valence-corrected chi connectivity index (χ2v) is 6.92. The van der Waals surface area contributed by atoms with Crippen molar-refractivity contribution in [1.29, 1.82) is 0 Å². The molecule has 0 saturated heterocycles. The average Bonchev–Trinajstić information content (AvgIpc) is 2.74. The van der Waals surface area contributed by atoms with Crippen LogP contribution in [0, 0.1) is 0 Å². The SMILES string of the molecule is COC(=O)C(C)Oc1c(-c2cc(Br)c(OC)c(OC)c2)oc2ccccc2c1=O. The summed E-state index contributed by atoms with van der Waals surface area (Å²) >= 11 is 3.43. The molecule has 0 aliphatic heterocycles. The van der Waals surface area contributed by atoms with Crippen molar-refractivity contribution in [1.82, 2.24) is 0 Å². The van der Waals surface area contributed by atoms with Crippen molar-refractivity contribution in [3.8, 4) is 28.6 Å². The first kappa shape index (κ1) is 20.7. The molecule has 1 heterocycles. The van der Waals surface area contributed by atoms with E-state index < -0.39 is 17.5 Å². The molecule has 0 N–H and O–H groups in total. The van der Waals surface area contributed by atoms with Gasteiger partial charge in [-0.15, -0.1) is 0 Å². The van der Waals surface area contributed by atoms with E-state index >= 15 is 0 Å². The van der Waals surface area contributed by atoms with E-state index in [9.17, 15) is 9.59 Å². The highest BCUT2D eigenvalue weighted by Crippen LogP contribution is 2.41. The quantitative estimate of drug-likeness (QED) is 0.507. The molecule has 1 atom stereocenters. The monoisotopic (exact) mass is 462 g/mol. The van der Waals surface area contributed by atoms with Gasteiger partial charge in [0.25, 0.3) is 0 Å². The lowest BCUT2D eigenvalue weighted by Crippen LogP contribution is -2.27. The van der Waals surface area contributed by atoms with Gasteiger partial charge in [-0.1, -0.05) is 12.1 Å². The Labute approximate surface area is 175 Å². The first-order valence-electron chi connectivity index (χ1n) is 8.63. The van der Waals surface area contributed by atoms with E-state index in [0.29, 0.717) is 32.5 Å². The molecule has 7 nitrogen and oxygen atoms in total. The van der Waals surface area contributed by atoms with Crippen LogP contribution in [-0.2, 0) is 9.53 Å². The van der Waals surface area contributed by atoms with Gasteiger partial charge in [0.05, 0.1) is 31.2 Å². The number of benzene rings is 2. The van der Waals surface area contributed by atoms with Gasteiger partial charge in [0.1, 0.15) is 5.58 Å². The Morgan fingerprint density at radius 1 is 1.07 bits per heavy atom. The molecule has 0 aliphatic rings. The van der Waals surface area contributed by atoms with Gasteiger partial charge in [-0.05, 0) is 47.1 Å². The zero-order valence-electron chi connectivity index (χ0n) is 16.3. The van der Waals surface area contributed by atoms with Gasteiger partial charge in [0.2, 0.25) is 11.2 Å². The van der Waals surface area contributed by atoms with Crippen LogP contribution in [0.15, 0.2) is 50.1 Å². The number of esters is 1. The van der Waals surface area contributed by atoms with E-state index in [-0.39, 0.29) is 11.5 Å². The van der Waals surface area contributed by atoms with Gasteiger partial charge >= 0.3 is 5.97 Å². The topological polar surface area (TPSA) is 84.2 Å². The number of hydrogen-bond donors (Lipinski definition) is 0. The van der Waals surface area contributed by atoms with Crippen molar-refractivity contribution in [2.24, 2.45) is 0 Å². The van der Waals surface area contributed by atoms with Crippen LogP contribution in [0.3, 0.4) is 0 Å². The highest BCUT2D eigenvalue weighted by atomic mass is 79.9. The highest BCUT2D eigenvalue weighted by Gasteiger charge is 2.24. The fourth-order valence-electron chi connectivity index (χ4n) is 2.86. The molecule has 0 amide bonds. The summed E-state index contributed by atoms with van der Waals surface area (Å²) in [6, 6.07) is 10.2. The molecule has 8 heteroatoms. The van der Waals surface area contributed by atoms with Gasteiger partial charge in [-0.25, -0.2) is 4.79 Å². The zero-order valence-corrected chi connectivity index (χ0v) is 17.9. The minimum Gasteiger partial charge on any atom is -0.493 e. The van der Waals surface area contributed by atoms with Gasteiger partial charge in [-0.2, -0.15) is 0 Å². The first-order valence-corrected chi connectivity index (χ1v) is 9.42. The first-order chi connectivity index (χ1) is 13.9. The third-order valence-corrected chi connectivity index (χ3v) is 4.87. The number of hydrogen-bond acceptors (Lipinski definition) is 7. The standard InChI is InChI=1S/C21H19BrO7/c1-11(21(24)27-4)28-20-17(23)13-7-5-6-8-15(13)29-18(20)12-9-14(22)19(26-3)16(10-12)25-2/h5-11H,1-4H3. The molecule has 2 aromatic carbocycles. The van der Waals surface area contributed by atoms with Crippen LogP contribution in [0.1, 0.15) is 6.92 Å². The molecular weight excluding hydrogens is 444 g/mol. The Morgan fingerprint density at radius 3 is 2.45 bits per heavy atom. The maximum absolute atomic E-state index is 13.1. The van der Waals surface area contributed by atoms with Crippen LogP contribution in [0.5, 0.6) is 17.2 Å². The van der Waals surface area contributed by atoms with E-state index in [0.717, 1.165) is 0 Å². The molecule has 0 radical (unpaired) electrons. The van der Waals surface area contributed by atoms with Crippen molar-refractivity contribution in [2.45, 2.75) is 13.0 Å². The number of carbonyl (C=O) groups excluding carboxylic acids is 1. The lowest BCUT2D eigenvalue weighted by molar-refractivity contribution is -0.147. The highest BCUT2D eigenvalue weighted by molar-refractivity contribution is 9.10. The summed E-state index contributed by atoms with van der Waals surface area (Å²) < 4.78 is 27.7. The number of halogens is 1. The van der Waals surface area contributed by atoms with Gasteiger partial charge < -0.3 is 23.4 Å². The Hall–Kier alpha value is -3.00. The molecule has 0 aliphatic carbocycles. The summed E-state index contributed by atoms with van der Waals surface area (Å²) in [6.07, 6.45) is -1.01. The number of ether oxygens (including phenoxy) is 4. The summed E-state index contributed by atoms with van der Waals surface area (Å²) in [6.45, 7) is 1.49. The van der Waals surface area contributed by atoms with E-state index in [4.69, 9.17) is 23.4 Å². The maximum Gasteiger partial charge on any atom is 0.346 e. The third kappa shape index (κ3) is 3.93. The summed E-state index contributed by atoms with van der Waals surface area (Å²) in [5.41, 5.74) is 0.490. The van der Waals surface area contributed by atoms with Crippen molar-refractivity contribution in [3.63, 3.8) is 0 Å². The second kappa shape index (κ2) is 8.57. The third-order valence-electron chi connectivity index (χ3n) is 4.28. The summed E-state index contributed by atoms with van der Waals surface area (Å²) in [5.74, 6) is 0.369. The largest absolute Gasteiger partial charge is 0.493 e. The van der Waals surface area contributed by atoms with Gasteiger partial charge in [0, 0.05) is 5.56 Å². The summed E-state index contributed by atoms with van der Waals surface area (Å²) in [7, 11) is 4.27. The molecule has 0 spiro atoms. The van der Waals surface area contributed by atoms with E-state index in [2.05, 4.69) is 15.9 Å². The molecule has 1 aromatic heterocycles. The van der Waals surface area contributed by atoms with E-state index in [1.54, 1.807) is 36.4 Å². The minimum absolute atomic E-state index is 0.0966. The number of rotatable bonds is 6. The lowest BCUT2D eigenvalue weighted by Gasteiger charge is -2.17. The normalized spacial score (nSPS) is 11.8. The number of methoxy groups -OCH3 is 3. The molecule has 0 fully saturated rings. The number of carbonyl (C=O) groups is 1. The maximum atomic E-state index is 13.1. The predicted octanol–water partition coefficient (Wildman–Crippen LogP) is 4.18. The molecular formula is C21H19BrO7. The molecule has 152 valence electrons. The molecule has 3 rings (SSSR count). The minimum atomic E-state index is -1.01. The van der Waals surface area contributed by atoms with Crippen LogP contribution in [0.4, 0.5) is 0 Å². The number of para-hydroxylation sites is 1. The smallest absolute Gasteiger partial charge is 0.346 e. The number of fused-ring (bicyclic) bond motifs is 1. The molecule has 29 heavy (non-hydrogen) atoms. The predicted molar refractivity (Wildman–Crippen MR) is 111 cm³/mol. The van der Waals surface area contributed by atoms with Crippen LogP contribution >= 0.6 is 15.9 Å². The molecule has 3 aromatic rings. The molecule has 0 saturated carbocycles. The molecule has 0 bridgehead atoms. The Morgan fingerprint density at radius 2 is 1.79 bits per heavy atom. The van der Waals surface area contributed by atoms with Crippen LogP contribution in [0.25, 0.3) is 22.3 Å². The average molecular weight is 463 g/mol. The van der Waals surface area contributed by atoms with Gasteiger partial charge in [0.15, 0.2) is 23.4 Å². The second-order valence-electron chi connectivity index (χ2n) is 6.06. The van der Waals surface area contributed by atoms with Crippen molar-refractivity contribution in [3.05, 3.63) is 51.1 Å². The molecule has 1 unspecified atom stereocenters. The van der Waals surface area contributed by atoms with Gasteiger partial charge in [-0.3, -0.25) is 4.79 Å². The summed E-state index contributed by atoms with van der Waals surface area (Å²) in [4.78, 5) is 25.0. The summed E-state index contributed by atoms with van der Waals surface area (Å²) in [5, 5.41) is 0.336. The Balaban J connectivity index is 2.28. The van der Waals surface area contributed by atoms with Crippen LogP contribution < -0.4 is 19.6 Å². The van der Waals surface area contributed by atoms with Crippen molar-refractivity contribution >= 4 is 32.9 Å². The van der Waals surface area contributed by atoms with Crippen LogP contribution in [-0.4, -0.2) is 33.4 Å². The van der Waals surface area contributed by atoms with E-state index in [1.807, 2.05) is 0 Å². The van der Waals surface area contributed by atoms with Crippen molar-refractivity contribution in [2.75, 3.05) is 21.3 Å². The Bertz CT molecular complexity index is 1120. The lowest BCUT2D eigenvalue weighted by atomic mass is 10.1.